The Labute approximate surface area is 275 Å². The van der Waals surface area contributed by atoms with E-state index in [1.807, 2.05) is 61.5 Å². The van der Waals surface area contributed by atoms with Crippen LogP contribution in [0.4, 0.5) is 11.4 Å². The van der Waals surface area contributed by atoms with Crippen LogP contribution in [0, 0.1) is 24.0 Å². The van der Waals surface area contributed by atoms with E-state index in [2.05, 4.69) is 5.32 Å². The van der Waals surface area contributed by atoms with E-state index in [0.29, 0.717) is 12.3 Å². The van der Waals surface area contributed by atoms with Gasteiger partial charge >= 0.3 is 0 Å². The van der Waals surface area contributed by atoms with Crippen LogP contribution in [0.5, 0.6) is 5.75 Å². The molecule has 12 heteroatoms. The summed E-state index contributed by atoms with van der Waals surface area (Å²) in [5.74, 6) is -0.559. The predicted molar refractivity (Wildman–Crippen MR) is 180 cm³/mol. The lowest BCUT2D eigenvalue weighted by Crippen LogP contribution is -2.53. The number of nitro groups is 1. The summed E-state index contributed by atoms with van der Waals surface area (Å²) in [6.45, 7) is 4.87. The van der Waals surface area contributed by atoms with E-state index < -0.39 is 33.4 Å². The van der Waals surface area contributed by atoms with Gasteiger partial charge in [0, 0.05) is 31.1 Å². The molecule has 4 aromatic carbocycles. The molecule has 0 saturated carbocycles. The number of rotatable bonds is 14. The Morgan fingerprint density at radius 1 is 0.915 bits per heavy atom. The second-order valence-corrected chi connectivity index (χ2v) is 12.8. The van der Waals surface area contributed by atoms with Crippen LogP contribution in [-0.4, -0.2) is 56.3 Å². The Balaban J connectivity index is 1.84. The van der Waals surface area contributed by atoms with E-state index >= 15 is 0 Å². The molecule has 2 amide bonds. The summed E-state index contributed by atoms with van der Waals surface area (Å²) < 4.78 is 34.7. The number of sulfonamides is 1. The van der Waals surface area contributed by atoms with Crippen molar-refractivity contribution in [3.63, 3.8) is 0 Å². The monoisotopic (exact) mass is 658 g/mol. The number of anilines is 1. The molecule has 0 aliphatic heterocycles. The fraction of sp³-hybridized carbons (Fsp3) is 0.257. The van der Waals surface area contributed by atoms with E-state index in [0.717, 1.165) is 27.1 Å². The molecule has 0 aliphatic carbocycles. The van der Waals surface area contributed by atoms with Crippen molar-refractivity contribution in [1.29, 1.82) is 0 Å². The van der Waals surface area contributed by atoms with Gasteiger partial charge < -0.3 is 15.0 Å². The number of nitro benzene ring substituents is 1. The Hall–Kier alpha value is -5.23. The molecular formula is C35H38N4O7S. The van der Waals surface area contributed by atoms with Gasteiger partial charge in [0.1, 0.15) is 18.3 Å². The highest BCUT2D eigenvalue weighted by atomic mass is 32.2. The standard InChI is InChI=1S/C35H38N4O7S/c1-5-36-35(41)33(21-27-12-7-6-8-13-27)37(23-28-14-10-9-11-25(28)2)34(40)24-38(29-16-18-30(46-4)19-17-29)47(44,45)31-20-15-26(3)32(22-31)39(42)43/h6-20,22,33H,5,21,23-24H2,1-4H3,(H,36,41). The molecule has 4 aromatic rings. The van der Waals surface area contributed by atoms with E-state index in [-0.39, 0.29) is 40.7 Å². The summed E-state index contributed by atoms with van der Waals surface area (Å²) in [6.07, 6.45) is 0.184. The Morgan fingerprint density at radius 3 is 2.19 bits per heavy atom. The van der Waals surface area contributed by atoms with Gasteiger partial charge in [0.2, 0.25) is 11.8 Å². The van der Waals surface area contributed by atoms with Crippen LogP contribution < -0.4 is 14.4 Å². The minimum Gasteiger partial charge on any atom is -0.497 e. The molecule has 0 spiro atoms. The number of benzene rings is 4. The predicted octanol–water partition coefficient (Wildman–Crippen LogP) is 5.19. The number of amides is 2. The van der Waals surface area contributed by atoms with Crippen molar-refractivity contribution >= 4 is 33.2 Å². The highest BCUT2D eigenvalue weighted by Gasteiger charge is 2.35. The molecule has 0 bridgehead atoms. The van der Waals surface area contributed by atoms with Gasteiger partial charge in [-0.25, -0.2) is 8.42 Å². The first-order valence-corrected chi connectivity index (χ1v) is 16.5. The lowest BCUT2D eigenvalue weighted by atomic mass is 10.0. The molecule has 1 atom stereocenters. The number of ether oxygens (including phenoxy) is 1. The van der Waals surface area contributed by atoms with Crippen molar-refractivity contribution in [1.82, 2.24) is 10.2 Å². The maximum absolute atomic E-state index is 14.5. The highest BCUT2D eigenvalue weighted by molar-refractivity contribution is 7.92. The number of hydrogen-bond acceptors (Lipinski definition) is 7. The first kappa shape index (κ1) is 34.6. The van der Waals surface area contributed by atoms with Crippen molar-refractivity contribution in [2.75, 3.05) is 24.5 Å². The van der Waals surface area contributed by atoms with Gasteiger partial charge in [-0.1, -0.05) is 60.7 Å². The number of aryl methyl sites for hydroxylation is 2. The van der Waals surface area contributed by atoms with Gasteiger partial charge in [-0.15, -0.1) is 0 Å². The van der Waals surface area contributed by atoms with Gasteiger partial charge in [0.05, 0.1) is 22.6 Å². The average molecular weight is 659 g/mol. The summed E-state index contributed by atoms with van der Waals surface area (Å²) in [6, 6.07) is 25.5. The number of likely N-dealkylation sites (N-methyl/N-ethyl adjacent to an activating group) is 1. The summed E-state index contributed by atoms with van der Waals surface area (Å²) >= 11 is 0. The third-order valence-corrected chi connectivity index (χ3v) is 9.60. The number of hydrogen-bond donors (Lipinski definition) is 1. The quantitative estimate of drug-likeness (QED) is 0.145. The second-order valence-electron chi connectivity index (χ2n) is 11.0. The van der Waals surface area contributed by atoms with Crippen LogP contribution in [0.3, 0.4) is 0 Å². The minimum absolute atomic E-state index is 0.0344. The topological polar surface area (TPSA) is 139 Å². The number of carbonyl (C=O) groups is 2. The molecule has 1 N–H and O–H groups in total. The van der Waals surface area contributed by atoms with Crippen LogP contribution >= 0.6 is 0 Å². The van der Waals surface area contributed by atoms with Crippen LogP contribution in [0.2, 0.25) is 0 Å². The number of nitrogens with zero attached hydrogens (tertiary/aromatic N) is 3. The largest absolute Gasteiger partial charge is 0.497 e. The average Bonchev–Trinajstić information content (AvgIpc) is 3.06. The van der Waals surface area contributed by atoms with Gasteiger partial charge in [-0.2, -0.15) is 0 Å². The summed E-state index contributed by atoms with van der Waals surface area (Å²) in [4.78, 5) is 40.3. The van der Waals surface area contributed by atoms with Crippen LogP contribution in [0.15, 0.2) is 102 Å². The molecule has 0 heterocycles. The fourth-order valence-electron chi connectivity index (χ4n) is 5.17. The molecule has 0 aromatic heterocycles. The van der Waals surface area contributed by atoms with Gasteiger partial charge in [0.25, 0.3) is 15.7 Å². The van der Waals surface area contributed by atoms with Crippen LogP contribution in [0.25, 0.3) is 0 Å². The molecule has 47 heavy (non-hydrogen) atoms. The van der Waals surface area contributed by atoms with Crippen LogP contribution in [-0.2, 0) is 32.6 Å². The Kier molecular flexibility index (Phi) is 11.3. The molecule has 11 nitrogen and oxygen atoms in total. The summed E-state index contributed by atoms with van der Waals surface area (Å²) in [5, 5.41) is 14.5. The van der Waals surface area contributed by atoms with Gasteiger partial charge in [-0.05, 0) is 67.8 Å². The fourth-order valence-corrected chi connectivity index (χ4v) is 6.60. The third-order valence-electron chi connectivity index (χ3n) is 7.83. The minimum atomic E-state index is -4.53. The normalized spacial score (nSPS) is 11.7. The smallest absolute Gasteiger partial charge is 0.273 e. The van der Waals surface area contributed by atoms with E-state index in [9.17, 15) is 28.1 Å². The maximum Gasteiger partial charge on any atom is 0.273 e. The summed E-state index contributed by atoms with van der Waals surface area (Å²) in [5.41, 5.74) is 2.56. The van der Waals surface area contributed by atoms with Crippen molar-refractivity contribution < 1.29 is 27.7 Å². The second kappa shape index (κ2) is 15.4. The molecule has 0 aliphatic rings. The molecular weight excluding hydrogens is 620 g/mol. The van der Waals surface area contributed by atoms with E-state index in [4.69, 9.17) is 4.74 Å². The SMILES string of the molecule is CCNC(=O)C(Cc1ccccc1)N(Cc1ccccc1C)C(=O)CN(c1ccc(OC)cc1)S(=O)(=O)c1ccc(C)c([N+](=O)[O-])c1. The highest BCUT2D eigenvalue weighted by Crippen LogP contribution is 2.30. The zero-order valence-corrected chi connectivity index (χ0v) is 27.6. The first-order valence-electron chi connectivity index (χ1n) is 15.0. The molecule has 0 saturated heterocycles. The Bertz CT molecular complexity index is 1830. The van der Waals surface area contributed by atoms with Crippen molar-refractivity contribution in [2.24, 2.45) is 0 Å². The molecule has 4 rings (SSSR count). The van der Waals surface area contributed by atoms with Gasteiger partial charge in [0.15, 0.2) is 0 Å². The number of methoxy groups -OCH3 is 1. The van der Waals surface area contributed by atoms with Gasteiger partial charge in [-0.3, -0.25) is 24.0 Å². The Morgan fingerprint density at radius 2 is 1.57 bits per heavy atom. The molecule has 1 unspecified atom stereocenters. The van der Waals surface area contributed by atoms with Crippen molar-refractivity contribution in [3.05, 3.63) is 129 Å². The number of carbonyl (C=O) groups excluding carboxylic acids is 2. The molecule has 246 valence electrons. The summed E-state index contributed by atoms with van der Waals surface area (Å²) in [7, 11) is -3.06. The lowest BCUT2D eigenvalue weighted by Gasteiger charge is -2.34. The zero-order chi connectivity index (χ0) is 34.1. The number of nitrogens with one attached hydrogen (secondary N) is 1. The first-order chi connectivity index (χ1) is 22.5. The van der Waals surface area contributed by atoms with E-state index in [1.54, 1.807) is 19.1 Å². The van der Waals surface area contributed by atoms with Crippen molar-refractivity contribution in [3.8, 4) is 5.75 Å². The lowest BCUT2D eigenvalue weighted by molar-refractivity contribution is -0.385. The van der Waals surface area contributed by atoms with E-state index in [1.165, 1.54) is 43.2 Å². The molecule has 0 radical (unpaired) electrons. The molecule has 0 fully saturated rings. The van der Waals surface area contributed by atoms with Crippen molar-refractivity contribution in [2.45, 2.75) is 44.7 Å². The van der Waals surface area contributed by atoms with Crippen LogP contribution in [0.1, 0.15) is 29.2 Å². The third kappa shape index (κ3) is 8.33. The zero-order valence-electron chi connectivity index (χ0n) is 26.8. The maximum atomic E-state index is 14.5.